The minimum atomic E-state index is 0.0198. The maximum absolute atomic E-state index is 12.8. The van der Waals surface area contributed by atoms with Gasteiger partial charge in [-0.2, -0.15) is 0 Å². The van der Waals surface area contributed by atoms with Crippen LogP contribution in [0.3, 0.4) is 0 Å². The van der Waals surface area contributed by atoms with Crippen molar-refractivity contribution in [3.63, 3.8) is 0 Å². The maximum Gasteiger partial charge on any atom is 0.272 e. The van der Waals surface area contributed by atoms with Gasteiger partial charge in [0, 0.05) is 32.4 Å². The van der Waals surface area contributed by atoms with Crippen molar-refractivity contribution in [1.82, 2.24) is 14.9 Å². The summed E-state index contributed by atoms with van der Waals surface area (Å²) >= 11 is 0. The first-order valence-electron chi connectivity index (χ1n) is 8.93. The van der Waals surface area contributed by atoms with Crippen molar-refractivity contribution in [3.8, 4) is 0 Å². The second kappa shape index (κ2) is 7.64. The molecule has 25 heavy (non-hydrogen) atoms. The van der Waals surface area contributed by atoms with Gasteiger partial charge in [0.25, 0.3) is 5.91 Å². The first kappa shape index (κ1) is 17.4. The molecule has 3 rings (SSSR count). The Morgan fingerprint density at radius 2 is 2.04 bits per heavy atom. The number of carbonyl (C=O) groups excluding carboxylic acids is 1. The van der Waals surface area contributed by atoms with Crippen molar-refractivity contribution in [2.45, 2.75) is 33.2 Å². The van der Waals surface area contributed by atoms with E-state index < -0.39 is 0 Å². The standard InChI is InChI=1S/C20H26N4O/c1-15-8-7-11-24(13-15)19(25)18-12-16(2)21-20(22-18)23(3)14-17-9-5-4-6-10-17/h4-6,9-10,12,15H,7-8,11,13-14H2,1-3H3. The summed E-state index contributed by atoms with van der Waals surface area (Å²) < 4.78 is 0. The number of hydrogen-bond acceptors (Lipinski definition) is 4. The van der Waals surface area contributed by atoms with Crippen LogP contribution in [0.4, 0.5) is 5.95 Å². The normalized spacial score (nSPS) is 17.4. The lowest BCUT2D eigenvalue weighted by Gasteiger charge is -2.30. The lowest BCUT2D eigenvalue weighted by Crippen LogP contribution is -2.39. The number of amides is 1. The molecule has 0 N–H and O–H groups in total. The second-order valence-corrected chi connectivity index (χ2v) is 7.03. The number of hydrogen-bond donors (Lipinski definition) is 0. The molecule has 1 aliphatic heterocycles. The molecule has 1 aromatic carbocycles. The monoisotopic (exact) mass is 338 g/mol. The number of aryl methyl sites for hydroxylation is 1. The Hall–Kier alpha value is -2.43. The topological polar surface area (TPSA) is 49.3 Å². The Morgan fingerprint density at radius 3 is 2.76 bits per heavy atom. The predicted octanol–water partition coefficient (Wildman–Crippen LogP) is 3.29. The highest BCUT2D eigenvalue weighted by Gasteiger charge is 2.24. The van der Waals surface area contributed by atoms with E-state index in [1.54, 1.807) is 6.07 Å². The first-order valence-corrected chi connectivity index (χ1v) is 8.93. The molecule has 1 aromatic heterocycles. The van der Waals surface area contributed by atoms with E-state index in [9.17, 15) is 4.79 Å². The fourth-order valence-electron chi connectivity index (χ4n) is 3.30. The van der Waals surface area contributed by atoms with Crippen molar-refractivity contribution in [2.75, 3.05) is 25.0 Å². The van der Waals surface area contributed by atoms with Crippen LogP contribution in [0, 0.1) is 12.8 Å². The lowest BCUT2D eigenvalue weighted by molar-refractivity contribution is 0.0677. The molecule has 132 valence electrons. The number of carbonyl (C=O) groups is 1. The summed E-state index contributed by atoms with van der Waals surface area (Å²) in [6.07, 6.45) is 2.26. The zero-order chi connectivity index (χ0) is 17.8. The number of rotatable bonds is 4. The molecule has 1 saturated heterocycles. The molecule has 0 bridgehead atoms. The first-order chi connectivity index (χ1) is 12.0. The van der Waals surface area contributed by atoms with Crippen LogP contribution >= 0.6 is 0 Å². The molecule has 0 radical (unpaired) electrons. The van der Waals surface area contributed by atoms with E-state index in [-0.39, 0.29) is 5.91 Å². The van der Waals surface area contributed by atoms with Crippen LogP contribution in [0.5, 0.6) is 0 Å². The van der Waals surface area contributed by atoms with Gasteiger partial charge in [0.1, 0.15) is 5.69 Å². The third-order valence-electron chi connectivity index (χ3n) is 4.61. The third-order valence-corrected chi connectivity index (χ3v) is 4.61. The van der Waals surface area contributed by atoms with E-state index in [4.69, 9.17) is 0 Å². The summed E-state index contributed by atoms with van der Waals surface area (Å²) in [7, 11) is 1.96. The molecular weight excluding hydrogens is 312 g/mol. The molecular formula is C20H26N4O. The molecule has 5 heteroatoms. The molecule has 5 nitrogen and oxygen atoms in total. The summed E-state index contributed by atoms with van der Waals surface area (Å²) in [5.74, 6) is 1.17. The van der Waals surface area contributed by atoms with Gasteiger partial charge in [0.2, 0.25) is 5.95 Å². The Bertz CT molecular complexity index is 732. The van der Waals surface area contributed by atoms with Crippen LogP contribution in [-0.4, -0.2) is 40.9 Å². The van der Waals surface area contributed by atoms with E-state index in [2.05, 4.69) is 29.0 Å². The van der Waals surface area contributed by atoms with Gasteiger partial charge < -0.3 is 9.80 Å². The van der Waals surface area contributed by atoms with E-state index in [0.29, 0.717) is 24.1 Å². The average molecular weight is 338 g/mol. The van der Waals surface area contributed by atoms with Crippen molar-refractivity contribution in [2.24, 2.45) is 5.92 Å². The molecule has 1 aliphatic rings. The number of anilines is 1. The second-order valence-electron chi connectivity index (χ2n) is 7.03. The molecule has 0 aliphatic carbocycles. The van der Waals surface area contributed by atoms with E-state index in [0.717, 1.165) is 25.2 Å². The van der Waals surface area contributed by atoms with Crippen LogP contribution in [0.25, 0.3) is 0 Å². The molecule has 1 amide bonds. The lowest BCUT2D eigenvalue weighted by atomic mass is 10.00. The zero-order valence-corrected chi connectivity index (χ0v) is 15.3. The average Bonchev–Trinajstić information content (AvgIpc) is 2.61. The highest BCUT2D eigenvalue weighted by Crippen LogP contribution is 2.19. The summed E-state index contributed by atoms with van der Waals surface area (Å²) in [4.78, 5) is 25.8. The quantitative estimate of drug-likeness (QED) is 0.858. The Kier molecular flexibility index (Phi) is 5.31. The number of benzene rings is 1. The summed E-state index contributed by atoms with van der Waals surface area (Å²) in [5.41, 5.74) is 2.50. The van der Waals surface area contributed by atoms with Crippen LogP contribution in [0.15, 0.2) is 36.4 Å². The number of aromatic nitrogens is 2. The molecule has 2 aromatic rings. The molecule has 0 saturated carbocycles. The van der Waals surface area contributed by atoms with Crippen molar-refractivity contribution in [1.29, 1.82) is 0 Å². The summed E-state index contributed by atoms with van der Waals surface area (Å²) in [5, 5.41) is 0. The summed E-state index contributed by atoms with van der Waals surface area (Å²) in [6.45, 7) is 6.46. The fraction of sp³-hybridized carbons (Fsp3) is 0.450. The van der Waals surface area contributed by atoms with Gasteiger partial charge in [0.05, 0.1) is 0 Å². The van der Waals surface area contributed by atoms with Crippen molar-refractivity contribution < 1.29 is 4.79 Å². The van der Waals surface area contributed by atoms with Crippen LogP contribution in [-0.2, 0) is 6.54 Å². The highest BCUT2D eigenvalue weighted by molar-refractivity contribution is 5.92. The number of nitrogens with zero attached hydrogens (tertiary/aromatic N) is 4. The largest absolute Gasteiger partial charge is 0.340 e. The SMILES string of the molecule is Cc1cc(C(=O)N2CCCC(C)C2)nc(N(C)Cc2ccccc2)n1. The van der Waals surface area contributed by atoms with Crippen LogP contribution in [0.1, 0.15) is 41.5 Å². The highest BCUT2D eigenvalue weighted by atomic mass is 16.2. The van der Waals surface area contributed by atoms with Gasteiger partial charge in [-0.05, 0) is 37.3 Å². The molecule has 0 spiro atoms. The zero-order valence-electron chi connectivity index (χ0n) is 15.3. The van der Waals surface area contributed by atoms with Crippen molar-refractivity contribution in [3.05, 3.63) is 53.3 Å². The predicted molar refractivity (Wildman–Crippen MR) is 99.6 cm³/mol. The number of piperidine rings is 1. The number of likely N-dealkylation sites (tertiary alicyclic amines) is 1. The van der Waals surface area contributed by atoms with E-state index in [1.807, 2.05) is 42.0 Å². The van der Waals surface area contributed by atoms with Gasteiger partial charge in [-0.1, -0.05) is 37.3 Å². The van der Waals surface area contributed by atoms with E-state index in [1.165, 1.54) is 12.0 Å². The fourth-order valence-corrected chi connectivity index (χ4v) is 3.30. The van der Waals surface area contributed by atoms with Gasteiger partial charge in [-0.25, -0.2) is 9.97 Å². The van der Waals surface area contributed by atoms with Gasteiger partial charge >= 0.3 is 0 Å². The van der Waals surface area contributed by atoms with Crippen LogP contribution in [0.2, 0.25) is 0 Å². The maximum atomic E-state index is 12.8. The molecule has 1 atom stereocenters. The van der Waals surface area contributed by atoms with Crippen molar-refractivity contribution >= 4 is 11.9 Å². The van der Waals surface area contributed by atoms with Gasteiger partial charge in [-0.3, -0.25) is 4.79 Å². The smallest absolute Gasteiger partial charge is 0.272 e. The minimum Gasteiger partial charge on any atom is -0.340 e. The third kappa shape index (κ3) is 4.35. The molecule has 2 heterocycles. The van der Waals surface area contributed by atoms with E-state index >= 15 is 0 Å². The summed E-state index contributed by atoms with van der Waals surface area (Å²) in [6, 6.07) is 12.0. The Labute approximate surface area is 149 Å². The van der Waals surface area contributed by atoms with Gasteiger partial charge in [0.15, 0.2) is 0 Å². The van der Waals surface area contributed by atoms with Crippen LogP contribution < -0.4 is 4.90 Å². The Morgan fingerprint density at radius 1 is 1.28 bits per heavy atom. The van der Waals surface area contributed by atoms with Gasteiger partial charge in [-0.15, -0.1) is 0 Å². The Balaban J connectivity index is 1.79. The minimum absolute atomic E-state index is 0.0198. The molecule has 1 fully saturated rings. The molecule has 1 unspecified atom stereocenters.